The molecule has 0 saturated heterocycles. The molecule has 0 aliphatic carbocycles. The number of hydrogen-bond acceptors (Lipinski definition) is 2. The van der Waals surface area contributed by atoms with Gasteiger partial charge in [-0.2, -0.15) is 0 Å². The van der Waals surface area contributed by atoms with Gasteiger partial charge in [-0.25, -0.2) is 4.39 Å². The standard InChI is InChI=1S/C15H15FN2O/c1-18(14-6-3-9-17-11-14)15(19)8-7-12-4-2-5-13(16)10-12/h2-6,9-11H,7-8H2,1H3. The Morgan fingerprint density at radius 2 is 2.16 bits per heavy atom. The summed E-state index contributed by atoms with van der Waals surface area (Å²) in [5.74, 6) is -0.289. The molecule has 98 valence electrons. The fourth-order valence-corrected chi connectivity index (χ4v) is 1.81. The van der Waals surface area contributed by atoms with Gasteiger partial charge in [-0.05, 0) is 36.2 Å². The first-order chi connectivity index (χ1) is 9.16. The van der Waals surface area contributed by atoms with Crippen LogP contribution in [0.15, 0.2) is 48.8 Å². The number of benzene rings is 1. The lowest BCUT2D eigenvalue weighted by Gasteiger charge is -2.16. The molecule has 4 heteroatoms. The molecule has 0 radical (unpaired) electrons. The Balaban J connectivity index is 1.95. The summed E-state index contributed by atoms with van der Waals surface area (Å²) in [5, 5.41) is 0. The first-order valence-electron chi connectivity index (χ1n) is 6.08. The van der Waals surface area contributed by atoms with Crippen LogP contribution in [0.3, 0.4) is 0 Å². The number of rotatable bonds is 4. The van der Waals surface area contributed by atoms with E-state index in [2.05, 4.69) is 4.98 Å². The summed E-state index contributed by atoms with van der Waals surface area (Å²) in [6.07, 6.45) is 4.17. The molecular formula is C15H15FN2O. The summed E-state index contributed by atoms with van der Waals surface area (Å²) in [5.41, 5.74) is 1.58. The largest absolute Gasteiger partial charge is 0.314 e. The second kappa shape index (κ2) is 6.09. The molecule has 0 unspecified atom stereocenters. The minimum Gasteiger partial charge on any atom is -0.314 e. The summed E-state index contributed by atoms with van der Waals surface area (Å²) in [7, 11) is 1.71. The molecule has 0 atom stereocenters. The maximum atomic E-state index is 13.0. The average Bonchev–Trinajstić information content (AvgIpc) is 2.45. The van der Waals surface area contributed by atoms with Crippen LogP contribution in [0, 0.1) is 5.82 Å². The van der Waals surface area contributed by atoms with Gasteiger partial charge in [0.25, 0.3) is 0 Å². The topological polar surface area (TPSA) is 33.2 Å². The zero-order valence-corrected chi connectivity index (χ0v) is 10.7. The van der Waals surface area contributed by atoms with Crippen molar-refractivity contribution in [2.45, 2.75) is 12.8 Å². The van der Waals surface area contributed by atoms with Crippen molar-refractivity contribution in [3.63, 3.8) is 0 Å². The number of aryl methyl sites for hydroxylation is 1. The lowest BCUT2D eigenvalue weighted by atomic mass is 10.1. The molecule has 0 saturated carbocycles. The van der Waals surface area contributed by atoms with Gasteiger partial charge >= 0.3 is 0 Å². The van der Waals surface area contributed by atoms with Crippen molar-refractivity contribution in [3.8, 4) is 0 Å². The van der Waals surface area contributed by atoms with E-state index in [9.17, 15) is 9.18 Å². The van der Waals surface area contributed by atoms with Crippen LogP contribution in [0.2, 0.25) is 0 Å². The van der Waals surface area contributed by atoms with Crippen LogP contribution in [0.1, 0.15) is 12.0 Å². The van der Waals surface area contributed by atoms with Gasteiger partial charge in [0, 0.05) is 19.7 Å². The molecule has 2 aromatic rings. The Morgan fingerprint density at radius 3 is 2.84 bits per heavy atom. The highest BCUT2D eigenvalue weighted by molar-refractivity contribution is 5.92. The van der Waals surface area contributed by atoms with E-state index in [0.717, 1.165) is 11.3 Å². The van der Waals surface area contributed by atoms with Crippen molar-refractivity contribution in [2.75, 3.05) is 11.9 Å². The average molecular weight is 258 g/mol. The number of carbonyl (C=O) groups is 1. The minimum absolute atomic E-state index is 0.0164. The van der Waals surface area contributed by atoms with Crippen molar-refractivity contribution < 1.29 is 9.18 Å². The van der Waals surface area contributed by atoms with E-state index in [1.807, 2.05) is 12.1 Å². The highest BCUT2D eigenvalue weighted by Crippen LogP contribution is 2.12. The van der Waals surface area contributed by atoms with Crippen molar-refractivity contribution in [1.29, 1.82) is 0 Å². The van der Waals surface area contributed by atoms with Gasteiger partial charge in [0.1, 0.15) is 5.82 Å². The number of anilines is 1. The van der Waals surface area contributed by atoms with Gasteiger partial charge in [0.05, 0.1) is 11.9 Å². The number of pyridine rings is 1. The molecule has 0 aliphatic rings. The fraction of sp³-hybridized carbons (Fsp3) is 0.200. The molecule has 3 nitrogen and oxygen atoms in total. The zero-order chi connectivity index (χ0) is 13.7. The summed E-state index contributed by atoms with van der Waals surface area (Å²) < 4.78 is 13.0. The van der Waals surface area contributed by atoms with Crippen LogP contribution in [-0.4, -0.2) is 17.9 Å². The Bertz CT molecular complexity index is 557. The highest BCUT2D eigenvalue weighted by Gasteiger charge is 2.10. The third-order valence-corrected chi connectivity index (χ3v) is 2.92. The van der Waals surface area contributed by atoms with Crippen LogP contribution in [0.5, 0.6) is 0 Å². The molecule has 1 aromatic carbocycles. The van der Waals surface area contributed by atoms with Crippen LogP contribution in [0.25, 0.3) is 0 Å². The van der Waals surface area contributed by atoms with Crippen LogP contribution in [-0.2, 0) is 11.2 Å². The lowest BCUT2D eigenvalue weighted by Crippen LogP contribution is -2.26. The zero-order valence-electron chi connectivity index (χ0n) is 10.7. The second-order valence-corrected chi connectivity index (χ2v) is 4.29. The van der Waals surface area contributed by atoms with Crippen molar-refractivity contribution >= 4 is 11.6 Å². The molecule has 0 N–H and O–H groups in total. The molecule has 19 heavy (non-hydrogen) atoms. The summed E-state index contributed by atoms with van der Waals surface area (Å²) >= 11 is 0. The van der Waals surface area contributed by atoms with E-state index < -0.39 is 0 Å². The number of aromatic nitrogens is 1. The quantitative estimate of drug-likeness (QED) is 0.845. The number of hydrogen-bond donors (Lipinski definition) is 0. The van der Waals surface area contributed by atoms with Crippen LogP contribution >= 0.6 is 0 Å². The first-order valence-corrected chi connectivity index (χ1v) is 6.08. The molecular weight excluding hydrogens is 243 g/mol. The monoisotopic (exact) mass is 258 g/mol. The second-order valence-electron chi connectivity index (χ2n) is 4.29. The molecule has 0 bridgehead atoms. The van der Waals surface area contributed by atoms with E-state index in [-0.39, 0.29) is 11.7 Å². The molecule has 2 rings (SSSR count). The number of amides is 1. The maximum Gasteiger partial charge on any atom is 0.227 e. The SMILES string of the molecule is CN(C(=O)CCc1cccc(F)c1)c1cccnc1. The Morgan fingerprint density at radius 1 is 1.32 bits per heavy atom. The Kier molecular flexibility index (Phi) is 4.23. The summed E-state index contributed by atoms with van der Waals surface area (Å²) in [6.45, 7) is 0. The van der Waals surface area contributed by atoms with Gasteiger partial charge < -0.3 is 4.90 Å². The van der Waals surface area contributed by atoms with Crippen molar-refractivity contribution in [1.82, 2.24) is 4.98 Å². The molecule has 0 aliphatic heterocycles. The smallest absolute Gasteiger partial charge is 0.227 e. The van der Waals surface area contributed by atoms with Crippen molar-refractivity contribution in [2.24, 2.45) is 0 Å². The third-order valence-electron chi connectivity index (χ3n) is 2.92. The van der Waals surface area contributed by atoms with Gasteiger partial charge in [-0.15, -0.1) is 0 Å². The molecule has 0 spiro atoms. The number of halogens is 1. The Hall–Kier alpha value is -2.23. The van der Waals surface area contributed by atoms with Gasteiger partial charge in [-0.3, -0.25) is 9.78 Å². The van der Waals surface area contributed by atoms with Gasteiger partial charge in [0.2, 0.25) is 5.91 Å². The fourth-order valence-electron chi connectivity index (χ4n) is 1.81. The molecule has 1 amide bonds. The predicted octanol–water partition coefficient (Wildman–Crippen LogP) is 2.82. The van der Waals surface area contributed by atoms with Gasteiger partial charge in [0.15, 0.2) is 0 Å². The summed E-state index contributed by atoms with van der Waals surface area (Å²) in [4.78, 5) is 17.5. The normalized spacial score (nSPS) is 10.2. The van der Waals surface area contributed by atoms with E-state index in [1.54, 1.807) is 36.5 Å². The van der Waals surface area contributed by atoms with Crippen LogP contribution < -0.4 is 4.90 Å². The van der Waals surface area contributed by atoms with Gasteiger partial charge in [-0.1, -0.05) is 12.1 Å². The van der Waals surface area contributed by atoms with E-state index >= 15 is 0 Å². The predicted molar refractivity (Wildman–Crippen MR) is 72.4 cm³/mol. The number of nitrogens with zero attached hydrogens (tertiary/aromatic N) is 2. The van der Waals surface area contributed by atoms with Crippen LogP contribution in [0.4, 0.5) is 10.1 Å². The van der Waals surface area contributed by atoms with E-state index in [0.29, 0.717) is 12.8 Å². The summed E-state index contributed by atoms with van der Waals surface area (Å²) in [6, 6.07) is 9.93. The van der Waals surface area contributed by atoms with E-state index in [4.69, 9.17) is 0 Å². The van der Waals surface area contributed by atoms with Crippen molar-refractivity contribution in [3.05, 3.63) is 60.2 Å². The minimum atomic E-state index is -0.273. The highest BCUT2D eigenvalue weighted by atomic mass is 19.1. The van der Waals surface area contributed by atoms with E-state index in [1.165, 1.54) is 12.1 Å². The number of carbonyl (C=O) groups excluding carboxylic acids is 1. The Labute approximate surface area is 111 Å². The first kappa shape index (κ1) is 13.2. The molecule has 0 fully saturated rings. The molecule has 1 heterocycles. The lowest BCUT2D eigenvalue weighted by molar-refractivity contribution is -0.118. The maximum absolute atomic E-state index is 13.0. The third kappa shape index (κ3) is 3.61. The molecule has 1 aromatic heterocycles.